The van der Waals surface area contributed by atoms with Crippen LogP contribution in [0.4, 0.5) is 0 Å². The second-order valence-corrected chi connectivity index (χ2v) is 4.37. The van der Waals surface area contributed by atoms with Crippen molar-refractivity contribution in [3.05, 3.63) is 69.7 Å². The first-order valence-corrected chi connectivity index (χ1v) is 5.75. The summed E-state index contributed by atoms with van der Waals surface area (Å²) in [6, 6.07) is 14.4. The highest BCUT2D eigenvalue weighted by Gasteiger charge is 2.05. The lowest BCUT2D eigenvalue weighted by atomic mass is 9.99. The van der Waals surface area contributed by atoms with Gasteiger partial charge in [0.25, 0.3) is 0 Å². The van der Waals surface area contributed by atoms with Crippen LogP contribution in [0.1, 0.15) is 11.1 Å². The molecule has 0 amide bonds. The summed E-state index contributed by atoms with van der Waals surface area (Å²) < 4.78 is 0. The molecular weight excluding hydrogens is 253 g/mol. The van der Waals surface area contributed by atoms with Crippen molar-refractivity contribution in [2.75, 3.05) is 0 Å². The Balaban J connectivity index is 2.44. The van der Waals surface area contributed by atoms with Gasteiger partial charge in [0.2, 0.25) is 0 Å². The Morgan fingerprint density at radius 1 is 0.765 bits per heavy atom. The average Bonchev–Trinajstić information content (AvgIpc) is 2.35. The lowest BCUT2D eigenvalue weighted by Gasteiger charge is -2.04. The van der Waals surface area contributed by atoms with Crippen LogP contribution in [0, 0.1) is 0 Å². The first kappa shape index (κ1) is 11.9. The zero-order chi connectivity index (χ0) is 12.3. The van der Waals surface area contributed by atoms with E-state index in [1.807, 2.05) is 24.3 Å². The molecule has 0 aliphatic rings. The van der Waals surface area contributed by atoms with Gasteiger partial charge in [-0.1, -0.05) is 52.9 Å². The van der Waals surface area contributed by atoms with Crippen LogP contribution < -0.4 is 5.41 Å². The molecule has 0 spiro atoms. The van der Waals surface area contributed by atoms with Gasteiger partial charge in [0.05, 0.1) is 5.57 Å². The van der Waals surface area contributed by atoms with Gasteiger partial charge in [-0.05, 0) is 35.4 Å². The van der Waals surface area contributed by atoms with Crippen LogP contribution in [-0.4, -0.2) is 5.87 Å². The summed E-state index contributed by atoms with van der Waals surface area (Å²) >= 11 is 11.6. The van der Waals surface area contributed by atoms with E-state index in [2.05, 4.69) is 5.87 Å². The summed E-state index contributed by atoms with van der Waals surface area (Å²) in [6.07, 6.45) is 0. The van der Waals surface area contributed by atoms with E-state index in [0.29, 0.717) is 15.6 Å². The van der Waals surface area contributed by atoms with Crippen LogP contribution in [-0.2, 0) is 0 Å². The van der Waals surface area contributed by atoms with Crippen molar-refractivity contribution in [2.45, 2.75) is 0 Å². The number of benzene rings is 2. The van der Waals surface area contributed by atoms with E-state index in [1.54, 1.807) is 24.3 Å². The van der Waals surface area contributed by atoms with Crippen molar-refractivity contribution in [3.63, 3.8) is 0 Å². The molecule has 3 heteroatoms. The van der Waals surface area contributed by atoms with Gasteiger partial charge in [-0.25, -0.2) is 0 Å². The zero-order valence-electron chi connectivity index (χ0n) is 8.82. The number of halogens is 2. The van der Waals surface area contributed by atoms with Crippen molar-refractivity contribution in [2.24, 2.45) is 0 Å². The molecular formula is C14H8Cl2N. The van der Waals surface area contributed by atoms with Gasteiger partial charge in [0.1, 0.15) is 0 Å². The minimum atomic E-state index is 0.610. The van der Waals surface area contributed by atoms with Crippen LogP contribution in [0.25, 0.3) is 5.57 Å². The molecule has 0 aliphatic heterocycles. The SMILES string of the molecule is [N]=C=C(c1ccc(Cl)cc1)c1ccc(Cl)cc1. The van der Waals surface area contributed by atoms with E-state index in [0.717, 1.165) is 11.1 Å². The molecule has 0 saturated heterocycles. The van der Waals surface area contributed by atoms with Crippen LogP contribution in [0.2, 0.25) is 10.0 Å². The minimum absolute atomic E-state index is 0.610. The van der Waals surface area contributed by atoms with Crippen molar-refractivity contribution >= 4 is 34.6 Å². The lowest BCUT2D eigenvalue weighted by Crippen LogP contribution is -1.88. The fourth-order valence-electron chi connectivity index (χ4n) is 1.53. The molecule has 0 unspecified atom stereocenters. The van der Waals surface area contributed by atoms with E-state index in [4.69, 9.17) is 23.2 Å². The molecule has 2 aromatic rings. The van der Waals surface area contributed by atoms with Crippen LogP contribution in [0.3, 0.4) is 0 Å². The monoisotopic (exact) mass is 260 g/mol. The second kappa shape index (κ2) is 5.20. The van der Waals surface area contributed by atoms with Gasteiger partial charge in [0, 0.05) is 15.9 Å². The van der Waals surface area contributed by atoms with Gasteiger partial charge in [-0.15, -0.1) is 0 Å². The van der Waals surface area contributed by atoms with E-state index in [9.17, 15) is 5.41 Å². The van der Waals surface area contributed by atoms with Gasteiger partial charge >= 0.3 is 0 Å². The maximum absolute atomic E-state index is 9.22. The normalized spacial score (nSPS) is 9.76. The topological polar surface area (TPSA) is 22.3 Å². The van der Waals surface area contributed by atoms with E-state index in [1.165, 1.54) is 0 Å². The summed E-state index contributed by atoms with van der Waals surface area (Å²) in [7, 11) is 0. The van der Waals surface area contributed by atoms with Crippen molar-refractivity contribution in [3.8, 4) is 0 Å². The first-order chi connectivity index (χ1) is 8.20. The van der Waals surface area contributed by atoms with Gasteiger partial charge in [-0.2, -0.15) is 0 Å². The van der Waals surface area contributed by atoms with E-state index >= 15 is 0 Å². The quantitative estimate of drug-likeness (QED) is 0.732. The molecule has 0 bridgehead atoms. The van der Waals surface area contributed by atoms with Crippen LogP contribution in [0.15, 0.2) is 48.5 Å². The maximum atomic E-state index is 9.22. The molecule has 0 heterocycles. The van der Waals surface area contributed by atoms with Gasteiger partial charge in [0.15, 0.2) is 0 Å². The Kier molecular flexibility index (Phi) is 3.65. The molecule has 83 valence electrons. The molecule has 0 N–H and O–H groups in total. The molecule has 2 aromatic carbocycles. The van der Waals surface area contributed by atoms with Crippen molar-refractivity contribution in [1.82, 2.24) is 5.41 Å². The zero-order valence-corrected chi connectivity index (χ0v) is 10.3. The summed E-state index contributed by atoms with van der Waals surface area (Å²) in [6.45, 7) is 0. The molecule has 0 aliphatic carbocycles. The molecule has 17 heavy (non-hydrogen) atoms. The first-order valence-electron chi connectivity index (χ1n) is 4.99. The Labute approximate surface area is 110 Å². The average molecular weight is 261 g/mol. The summed E-state index contributed by atoms with van der Waals surface area (Å²) in [5.74, 6) is 2.20. The van der Waals surface area contributed by atoms with E-state index in [-0.39, 0.29) is 0 Å². The largest absolute Gasteiger partial charge is 0.0962 e. The molecule has 0 saturated carbocycles. The molecule has 2 rings (SSSR count). The molecule has 1 nitrogen and oxygen atoms in total. The fourth-order valence-corrected chi connectivity index (χ4v) is 1.78. The van der Waals surface area contributed by atoms with Gasteiger partial charge < -0.3 is 0 Å². The van der Waals surface area contributed by atoms with Crippen LogP contribution >= 0.6 is 23.2 Å². The Morgan fingerprint density at radius 2 is 1.12 bits per heavy atom. The highest BCUT2D eigenvalue weighted by atomic mass is 35.5. The summed E-state index contributed by atoms with van der Waals surface area (Å²) in [5, 5.41) is 10.5. The minimum Gasteiger partial charge on any atom is -0.0962 e. The maximum Gasteiger partial charge on any atom is 0.0524 e. The smallest absolute Gasteiger partial charge is 0.0524 e. The third kappa shape index (κ3) is 2.78. The Bertz CT molecular complexity index is 517. The molecule has 0 aromatic heterocycles. The van der Waals surface area contributed by atoms with E-state index < -0.39 is 0 Å². The fraction of sp³-hybridized carbons (Fsp3) is 0. The number of rotatable bonds is 2. The summed E-state index contributed by atoms with van der Waals surface area (Å²) in [4.78, 5) is 0. The molecule has 1 radical (unpaired) electrons. The molecule has 0 fully saturated rings. The third-order valence-corrected chi connectivity index (χ3v) is 2.88. The van der Waals surface area contributed by atoms with Crippen molar-refractivity contribution in [1.29, 1.82) is 0 Å². The van der Waals surface area contributed by atoms with Gasteiger partial charge in [-0.3, -0.25) is 0 Å². The summed E-state index contributed by atoms with van der Waals surface area (Å²) in [5.41, 5.74) is 2.30. The second-order valence-electron chi connectivity index (χ2n) is 3.50. The highest BCUT2D eigenvalue weighted by Crippen LogP contribution is 2.23. The predicted molar refractivity (Wildman–Crippen MR) is 72.6 cm³/mol. The Morgan fingerprint density at radius 3 is 1.41 bits per heavy atom. The Hall–Kier alpha value is -1.53. The lowest BCUT2D eigenvalue weighted by molar-refractivity contribution is 1.56. The third-order valence-electron chi connectivity index (χ3n) is 2.38. The number of hydrogen-bond acceptors (Lipinski definition) is 0. The highest BCUT2D eigenvalue weighted by molar-refractivity contribution is 6.31. The van der Waals surface area contributed by atoms with Crippen LogP contribution in [0.5, 0.6) is 0 Å². The van der Waals surface area contributed by atoms with Crippen molar-refractivity contribution < 1.29 is 0 Å². The predicted octanol–water partition coefficient (Wildman–Crippen LogP) is 3.89. The molecule has 0 atom stereocenters. The number of nitrogens with zero attached hydrogens (tertiary/aromatic N) is 1. The number of hydrogen-bond donors (Lipinski definition) is 0. The standard InChI is InChI=1S/C14H8Cl2N/c15-12-5-1-10(2-6-12)14(9-17)11-3-7-13(16)8-4-11/h1-8H.